The highest BCUT2D eigenvalue weighted by molar-refractivity contribution is 8.26. The van der Waals surface area contributed by atoms with Crippen molar-refractivity contribution in [2.45, 2.75) is 0 Å². The van der Waals surface area contributed by atoms with Gasteiger partial charge in [-0.25, -0.2) is 0 Å². The highest BCUT2D eigenvalue weighted by Crippen LogP contribution is 2.34. The first-order chi connectivity index (χ1) is 11.6. The Labute approximate surface area is 147 Å². The van der Waals surface area contributed by atoms with E-state index in [1.165, 1.54) is 12.3 Å². The van der Waals surface area contributed by atoms with Gasteiger partial charge in [0.1, 0.15) is 11.5 Å². The Kier molecular flexibility index (Phi) is 4.64. The van der Waals surface area contributed by atoms with Crippen molar-refractivity contribution in [3.63, 3.8) is 0 Å². The molecule has 0 bridgehead atoms. The quantitative estimate of drug-likeness (QED) is 0.501. The van der Waals surface area contributed by atoms with E-state index in [9.17, 15) is 15.0 Å². The Balaban J connectivity index is 1.85. The van der Waals surface area contributed by atoms with Gasteiger partial charge < -0.3 is 10.2 Å². The van der Waals surface area contributed by atoms with Crippen LogP contribution in [0.25, 0.3) is 6.08 Å². The molecule has 0 atom stereocenters. The number of carbonyl (C=O) groups excluding carboxylic acids is 1. The summed E-state index contributed by atoms with van der Waals surface area (Å²) in [6.07, 6.45) is 2.95. The molecule has 0 saturated carbocycles. The summed E-state index contributed by atoms with van der Waals surface area (Å²) in [5.74, 6) is -0.225. The van der Waals surface area contributed by atoms with Crippen molar-refractivity contribution in [3.8, 4) is 11.5 Å². The standard InChI is InChI=1S/C17H12N2O3S2/c20-13-7-3-1-5-11(13)9-15-16(22)19(17(23)24-15)18-10-12-6-2-4-8-14(12)21/h1-10,20-21H/b15-9-,18-10+. The van der Waals surface area contributed by atoms with E-state index in [-0.39, 0.29) is 21.7 Å². The number of para-hydroxylation sites is 2. The normalized spacial score (nSPS) is 16.5. The van der Waals surface area contributed by atoms with Crippen LogP contribution < -0.4 is 0 Å². The van der Waals surface area contributed by atoms with E-state index in [0.717, 1.165) is 16.8 Å². The fraction of sp³-hybridized carbons (Fsp3) is 0. The van der Waals surface area contributed by atoms with Crippen LogP contribution in [0.15, 0.2) is 58.5 Å². The summed E-state index contributed by atoms with van der Waals surface area (Å²) in [4.78, 5) is 12.8. The number of phenols is 2. The van der Waals surface area contributed by atoms with Crippen LogP contribution in [0.5, 0.6) is 11.5 Å². The second-order valence-electron chi connectivity index (χ2n) is 4.86. The number of thioether (sulfide) groups is 1. The average Bonchev–Trinajstić information content (AvgIpc) is 2.83. The maximum Gasteiger partial charge on any atom is 0.286 e. The van der Waals surface area contributed by atoms with Crippen molar-refractivity contribution in [3.05, 3.63) is 64.6 Å². The molecule has 24 heavy (non-hydrogen) atoms. The van der Waals surface area contributed by atoms with Gasteiger partial charge in [-0.15, -0.1) is 0 Å². The smallest absolute Gasteiger partial charge is 0.286 e. The van der Waals surface area contributed by atoms with Crippen molar-refractivity contribution in [2.75, 3.05) is 0 Å². The van der Waals surface area contributed by atoms with Gasteiger partial charge in [0.25, 0.3) is 5.91 Å². The maximum atomic E-state index is 12.4. The molecule has 1 heterocycles. The summed E-state index contributed by atoms with van der Waals surface area (Å²) in [5.41, 5.74) is 1.01. The lowest BCUT2D eigenvalue weighted by molar-refractivity contribution is -0.122. The minimum Gasteiger partial charge on any atom is -0.507 e. The van der Waals surface area contributed by atoms with Crippen LogP contribution in [0.1, 0.15) is 11.1 Å². The molecule has 120 valence electrons. The number of carbonyl (C=O) groups is 1. The molecule has 1 saturated heterocycles. The number of thiocarbonyl (C=S) groups is 1. The van der Waals surface area contributed by atoms with E-state index in [2.05, 4.69) is 5.10 Å². The summed E-state index contributed by atoms with van der Waals surface area (Å²) >= 11 is 6.29. The Hall–Kier alpha value is -2.64. The van der Waals surface area contributed by atoms with Crippen molar-refractivity contribution < 1.29 is 15.0 Å². The van der Waals surface area contributed by atoms with E-state index < -0.39 is 0 Å². The lowest BCUT2D eigenvalue weighted by Gasteiger charge is -2.06. The van der Waals surface area contributed by atoms with Gasteiger partial charge in [0.15, 0.2) is 4.32 Å². The Morgan fingerprint density at radius 3 is 2.21 bits per heavy atom. The number of nitrogens with zero attached hydrogens (tertiary/aromatic N) is 2. The van der Waals surface area contributed by atoms with Crippen molar-refractivity contribution >= 4 is 46.5 Å². The van der Waals surface area contributed by atoms with E-state index in [0.29, 0.717) is 16.0 Å². The van der Waals surface area contributed by atoms with Gasteiger partial charge in [-0.2, -0.15) is 10.1 Å². The predicted octanol–water partition coefficient (Wildman–Crippen LogP) is 3.33. The number of aromatic hydroxyl groups is 2. The van der Waals surface area contributed by atoms with Crippen molar-refractivity contribution in [2.24, 2.45) is 5.10 Å². The van der Waals surface area contributed by atoms with Crippen LogP contribution >= 0.6 is 24.0 Å². The average molecular weight is 356 g/mol. The summed E-state index contributed by atoms with van der Waals surface area (Å²) in [7, 11) is 0. The first-order valence-electron chi connectivity index (χ1n) is 6.94. The number of hydrogen-bond acceptors (Lipinski definition) is 6. The molecule has 0 aliphatic carbocycles. The molecule has 0 spiro atoms. The predicted molar refractivity (Wildman–Crippen MR) is 98.8 cm³/mol. The van der Waals surface area contributed by atoms with Gasteiger partial charge in [-0.1, -0.05) is 42.1 Å². The zero-order chi connectivity index (χ0) is 17.1. The van der Waals surface area contributed by atoms with Crippen molar-refractivity contribution in [1.82, 2.24) is 5.01 Å². The zero-order valence-corrected chi connectivity index (χ0v) is 13.9. The summed E-state index contributed by atoms with van der Waals surface area (Å²) in [6.45, 7) is 0. The van der Waals surface area contributed by atoms with Crippen molar-refractivity contribution in [1.29, 1.82) is 0 Å². The van der Waals surface area contributed by atoms with Gasteiger partial charge in [0.05, 0.1) is 11.1 Å². The third kappa shape index (κ3) is 3.32. The largest absolute Gasteiger partial charge is 0.507 e. The van der Waals surface area contributed by atoms with Gasteiger partial charge in [-0.3, -0.25) is 4.79 Å². The molecule has 3 rings (SSSR count). The first-order valence-corrected chi connectivity index (χ1v) is 8.16. The van der Waals surface area contributed by atoms with E-state index in [1.54, 1.807) is 48.5 Å². The Bertz CT molecular complexity index is 878. The second kappa shape index (κ2) is 6.86. The molecule has 1 aliphatic heterocycles. The van der Waals surface area contributed by atoms with Crippen LogP contribution in [0, 0.1) is 0 Å². The SMILES string of the molecule is O=C1/C(=C/c2ccccc2O)SC(=S)N1/N=C/c1ccccc1O. The lowest BCUT2D eigenvalue weighted by Crippen LogP contribution is -2.22. The van der Waals surface area contributed by atoms with Crippen LogP contribution in [0.4, 0.5) is 0 Å². The van der Waals surface area contributed by atoms with E-state index in [1.807, 2.05) is 0 Å². The number of benzene rings is 2. The Morgan fingerprint density at radius 1 is 1.00 bits per heavy atom. The number of phenolic OH excluding ortho intramolecular Hbond substituents is 2. The molecular formula is C17H12N2O3S2. The number of amides is 1. The zero-order valence-electron chi connectivity index (χ0n) is 12.3. The summed E-state index contributed by atoms with van der Waals surface area (Å²) in [5, 5.41) is 24.7. The van der Waals surface area contributed by atoms with Crippen LogP contribution in [-0.2, 0) is 4.79 Å². The molecular weight excluding hydrogens is 344 g/mol. The van der Waals surface area contributed by atoms with Gasteiger partial charge in [0.2, 0.25) is 0 Å². The lowest BCUT2D eigenvalue weighted by atomic mass is 10.2. The molecule has 0 unspecified atom stereocenters. The Morgan fingerprint density at radius 2 is 1.58 bits per heavy atom. The molecule has 1 fully saturated rings. The van der Waals surface area contributed by atoms with Gasteiger partial charge in [0, 0.05) is 11.1 Å². The van der Waals surface area contributed by atoms with E-state index >= 15 is 0 Å². The van der Waals surface area contributed by atoms with E-state index in [4.69, 9.17) is 12.2 Å². The molecule has 5 nitrogen and oxygen atoms in total. The van der Waals surface area contributed by atoms with Crippen LogP contribution in [0.3, 0.4) is 0 Å². The third-order valence-electron chi connectivity index (χ3n) is 3.25. The highest BCUT2D eigenvalue weighted by Gasteiger charge is 2.32. The minimum absolute atomic E-state index is 0.0661. The second-order valence-corrected chi connectivity index (χ2v) is 6.53. The van der Waals surface area contributed by atoms with Gasteiger partial charge >= 0.3 is 0 Å². The minimum atomic E-state index is -0.375. The monoisotopic (exact) mass is 356 g/mol. The molecule has 1 aliphatic rings. The molecule has 0 radical (unpaired) electrons. The van der Waals surface area contributed by atoms with Gasteiger partial charge in [-0.05, 0) is 36.5 Å². The summed E-state index contributed by atoms with van der Waals surface area (Å²) < 4.78 is 0.286. The maximum absolute atomic E-state index is 12.4. The molecule has 1 amide bonds. The molecule has 2 aromatic rings. The molecule has 0 aromatic heterocycles. The number of hydrazone groups is 1. The first kappa shape index (κ1) is 16.2. The topological polar surface area (TPSA) is 73.1 Å². The van der Waals surface area contributed by atoms with Crippen LogP contribution in [-0.4, -0.2) is 31.7 Å². The number of hydrogen-bond donors (Lipinski definition) is 2. The highest BCUT2D eigenvalue weighted by atomic mass is 32.2. The summed E-state index contributed by atoms with van der Waals surface area (Å²) in [6, 6.07) is 13.4. The molecule has 2 N–H and O–H groups in total. The fourth-order valence-electron chi connectivity index (χ4n) is 2.03. The van der Waals surface area contributed by atoms with Crippen LogP contribution in [0.2, 0.25) is 0 Å². The molecule has 2 aromatic carbocycles. The fourth-order valence-corrected chi connectivity index (χ4v) is 3.19. The number of rotatable bonds is 3. The molecule has 7 heteroatoms. The third-order valence-corrected chi connectivity index (χ3v) is 4.53.